The van der Waals surface area contributed by atoms with E-state index in [4.69, 9.17) is 21.1 Å². The van der Waals surface area contributed by atoms with Crippen molar-refractivity contribution in [3.63, 3.8) is 0 Å². The second-order valence-corrected chi connectivity index (χ2v) is 6.36. The van der Waals surface area contributed by atoms with Crippen LogP contribution in [0.5, 0.6) is 0 Å². The van der Waals surface area contributed by atoms with Crippen molar-refractivity contribution in [2.75, 3.05) is 20.1 Å². The maximum Gasteiger partial charge on any atom is 0.336 e. The van der Waals surface area contributed by atoms with Crippen LogP contribution >= 0.6 is 11.6 Å². The van der Waals surface area contributed by atoms with Gasteiger partial charge in [-0.25, -0.2) is 9.59 Å². The molecule has 1 aliphatic heterocycles. The Kier molecular flexibility index (Phi) is 6.76. The lowest BCUT2D eigenvalue weighted by molar-refractivity contribution is -0.385. The molecule has 0 aromatic heterocycles. The Labute approximate surface area is 171 Å². The van der Waals surface area contributed by atoms with E-state index in [0.29, 0.717) is 0 Å². The summed E-state index contributed by atoms with van der Waals surface area (Å²) < 4.78 is 9.72. The molecule has 0 unspecified atom stereocenters. The first-order chi connectivity index (χ1) is 13.7. The molecule has 0 aliphatic carbocycles. The van der Waals surface area contributed by atoms with Crippen molar-refractivity contribution in [2.45, 2.75) is 19.8 Å². The van der Waals surface area contributed by atoms with E-state index in [1.807, 2.05) is 0 Å². The van der Waals surface area contributed by atoms with Crippen LogP contribution in [0.1, 0.15) is 25.3 Å². The zero-order chi connectivity index (χ0) is 21.9. The van der Waals surface area contributed by atoms with Crippen LogP contribution in [0.2, 0.25) is 0 Å². The standard InChI is InChI=1S/C19H19ClN2O7/c1-10-15(18(24)28-3)17(12-7-5-6-8-13(12)22(26)27)16(19(25)29-4)11(2)21(10)14(23)9-20/h5-8,17H,9H2,1-4H3. The maximum absolute atomic E-state index is 12.7. The Morgan fingerprint density at radius 2 is 1.55 bits per heavy atom. The largest absolute Gasteiger partial charge is 0.466 e. The quantitative estimate of drug-likeness (QED) is 0.310. The van der Waals surface area contributed by atoms with Gasteiger partial charge in [0.15, 0.2) is 0 Å². The summed E-state index contributed by atoms with van der Waals surface area (Å²) in [5.74, 6) is -3.84. The minimum Gasteiger partial charge on any atom is -0.466 e. The molecule has 154 valence electrons. The normalized spacial score (nSPS) is 14.7. The zero-order valence-electron chi connectivity index (χ0n) is 16.2. The van der Waals surface area contributed by atoms with Gasteiger partial charge in [-0.3, -0.25) is 19.8 Å². The third-order valence-electron chi connectivity index (χ3n) is 4.65. The van der Waals surface area contributed by atoms with Crippen molar-refractivity contribution >= 4 is 35.1 Å². The number of amides is 1. The number of methoxy groups -OCH3 is 2. The van der Waals surface area contributed by atoms with Gasteiger partial charge in [-0.05, 0) is 13.8 Å². The van der Waals surface area contributed by atoms with Crippen LogP contribution < -0.4 is 0 Å². The van der Waals surface area contributed by atoms with Gasteiger partial charge in [-0.15, -0.1) is 11.6 Å². The van der Waals surface area contributed by atoms with Crippen LogP contribution in [-0.4, -0.2) is 47.8 Å². The van der Waals surface area contributed by atoms with Gasteiger partial charge in [0, 0.05) is 23.0 Å². The van der Waals surface area contributed by atoms with Crippen molar-refractivity contribution in [2.24, 2.45) is 0 Å². The molecule has 1 aliphatic rings. The summed E-state index contributed by atoms with van der Waals surface area (Å²) in [6.45, 7) is 2.96. The van der Waals surface area contributed by atoms with Gasteiger partial charge in [0.2, 0.25) is 5.91 Å². The molecular weight excluding hydrogens is 404 g/mol. The molecule has 10 heteroatoms. The fourth-order valence-corrected chi connectivity index (χ4v) is 3.57. The van der Waals surface area contributed by atoms with Gasteiger partial charge in [-0.1, -0.05) is 18.2 Å². The highest BCUT2D eigenvalue weighted by atomic mass is 35.5. The molecule has 0 atom stereocenters. The van der Waals surface area contributed by atoms with Gasteiger partial charge < -0.3 is 9.47 Å². The van der Waals surface area contributed by atoms with E-state index in [2.05, 4.69) is 0 Å². The molecule has 0 spiro atoms. The summed E-state index contributed by atoms with van der Waals surface area (Å²) in [6, 6.07) is 5.72. The maximum atomic E-state index is 12.7. The minimum absolute atomic E-state index is 0.0914. The number of nitrogens with zero attached hydrogens (tertiary/aromatic N) is 2. The number of halogens is 1. The van der Waals surface area contributed by atoms with Crippen LogP contribution in [-0.2, 0) is 23.9 Å². The fraction of sp³-hybridized carbons (Fsp3) is 0.316. The number of benzene rings is 1. The molecule has 0 saturated carbocycles. The number of carbonyl (C=O) groups is 3. The van der Waals surface area contributed by atoms with Crippen molar-refractivity contribution < 1.29 is 28.8 Å². The molecule has 29 heavy (non-hydrogen) atoms. The number of alkyl halides is 1. The van der Waals surface area contributed by atoms with E-state index in [9.17, 15) is 24.5 Å². The number of rotatable bonds is 5. The van der Waals surface area contributed by atoms with Crippen molar-refractivity contribution in [3.05, 3.63) is 62.5 Å². The predicted octanol–water partition coefficient (Wildman–Crippen LogP) is 2.65. The molecule has 9 nitrogen and oxygen atoms in total. The fourth-order valence-electron chi connectivity index (χ4n) is 3.45. The van der Waals surface area contributed by atoms with Gasteiger partial charge in [0.1, 0.15) is 5.88 Å². The van der Waals surface area contributed by atoms with Crippen LogP contribution in [0.25, 0.3) is 0 Å². The zero-order valence-corrected chi connectivity index (χ0v) is 17.0. The molecule has 1 heterocycles. The highest BCUT2D eigenvalue weighted by molar-refractivity contribution is 6.27. The summed E-state index contributed by atoms with van der Waals surface area (Å²) >= 11 is 5.70. The lowest BCUT2D eigenvalue weighted by Crippen LogP contribution is -2.39. The summed E-state index contributed by atoms with van der Waals surface area (Å²) in [5.41, 5.74) is -0.0582. The third-order valence-corrected chi connectivity index (χ3v) is 4.88. The van der Waals surface area contributed by atoms with Gasteiger partial charge >= 0.3 is 11.9 Å². The molecule has 0 N–H and O–H groups in total. The second-order valence-electron chi connectivity index (χ2n) is 6.09. The molecule has 1 amide bonds. The van der Waals surface area contributed by atoms with E-state index in [-0.39, 0.29) is 33.8 Å². The van der Waals surface area contributed by atoms with Crippen LogP contribution in [0.15, 0.2) is 46.8 Å². The highest BCUT2D eigenvalue weighted by Crippen LogP contribution is 2.45. The Balaban J connectivity index is 2.95. The lowest BCUT2D eigenvalue weighted by Gasteiger charge is -2.36. The number of hydrogen-bond donors (Lipinski definition) is 0. The molecular formula is C19H19ClN2O7. The van der Waals surface area contributed by atoms with E-state index in [1.165, 1.54) is 32.0 Å². The van der Waals surface area contributed by atoms with E-state index in [0.717, 1.165) is 19.1 Å². The monoisotopic (exact) mass is 422 g/mol. The molecule has 0 saturated heterocycles. The van der Waals surface area contributed by atoms with Gasteiger partial charge in [0.25, 0.3) is 5.69 Å². The summed E-state index contributed by atoms with van der Waals surface area (Å²) in [6.07, 6.45) is 0. The van der Waals surface area contributed by atoms with Gasteiger partial charge in [0.05, 0.1) is 36.2 Å². The van der Waals surface area contributed by atoms with Crippen LogP contribution in [0.3, 0.4) is 0 Å². The Bertz CT molecular complexity index is 912. The SMILES string of the molecule is COC(=O)C1=C(C)N(C(=O)CCl)C(C)=C(C(=O)OC)C1c1ccccc1[N+](=O)[O-]. The number of esters is 2. The topological polar surface area (TPSA) is 116 Å². The Morgan fingerprint density at radius 1 is 1.07 bits per heavy atom. The van der Waals surface area contributed by atoms with Crippen molar-refractivity contribution in [1.82, 2.24) is 4.90 Å². The first-order valence-electron chi connectivity index (χ1n) is 8.41. The van der Waals surface area contributed by atoms with Crippen LogP contribution in [0.4, 0.5) is 5.69 Å². The molecule has 0 radical (unpaired) electrons. The van der Waals surface area contributed by atoms with E-state index >= 15 is 0 Å². The van der Waals surface area contributed by atoms with E-state index < -0.39 is 34.6 Å². The number of allylic oxidation sites excluding steroid dienone is 2. The molecule has 0 bridgehead atoms. The van der Waals surface area contributed by atoms with Crippen molar-refractivity contribution in [3.8, 4) is 0 Å². The smallest absolute Gasteiger partial charge is 0.336 e. The predicted molar refractivity (Wildman–Crippen MR) is 103 cm³/mol. The minimum atomic E-state index is -1.17. The number of ether oxygens (including phenoxy) is 2. The Hall–Kier alpha value is -3.20. The number of carbonyl (C=O) groups excluding carboxylic acids is 3. The molecule has 1 aromatic rings. The molecule has 2 rings (SSSR count). The molecule has 1 aromatic carbocycles. The average molecular weight is 423 g/mol. The number of nitro groups is 1. The van der Waals surface area contributed by atoms with Crippen molar-refractivity contribution in [1.29, 1.82) is 0 Å². The first-order valence-corrected chi connectivity index (χ1v) is 8.95. The molecule has 0 fully saturated rings. The third kappa shape index (κ3) is 3.86. The van der Waals surface area contributed by atoms with E-state index in [1.54, 1.807) is 6.07 Å². The lowest BCUT2D eigenvalue weighted by atomic mass is 9.79. The first kappa shape index (κ1) is 22.1. The number of nitro benzene ring substituents is 1. The number of para-hydroxylation sites is 1. The van der Waals surface area contributed by atoms with Crippen LogP contribution in [0, 0.1) is 10.1 Å². The summed E-state index contributed by atoms with van der Waals surface area (Å²) in [5, 5.41) is 11.6. The Morgan fingerprint density at radius 3 is 1.97 bits per heavy atom. The highest BCUT2D eigenvalue weighted by Gasteiger charge is 2.43. The van der Waals surface area contributed by atoms with Gasteiger partial charge in [-0.2, -0.15) is 0 Å². The summed E-state index contributed by atoms with van der Waals surface area (Å²) in [7, 11) is 2.27. The summed E-state index contributed by atoms with van der Waals surface area (Å²) in [4.78, 5) is 49.9. The average Bonchev–Trinajstić information content (AvgIpc) is 2.71. The number of hydrogen-bond acceptors (Lipinski definition) is 7. The second kappa shape index (κ2) is 8.87.